The molecule has 2 N–H and O–H groups in total. The molecule has 0 atom stereocenters. The number of para-hydroxylation sites is 1. The van der Waals surface area contributed by atoms with Crippen molar-refractivity contribution in [2.24, 2.45) is 5.10 Å². The highest BCUT2D eigenvalue weighted by molar-refractivity contribution is 5.81. The van der Waals surface area contributed by atoms with Gasteiger partial charge >= 0.3 is 11.7 Å². The maximum atomic E-state index is 12.5. The van der Waals surface area contributed by atoms with Gasteiger partial charge in [-0.1, -0.05) is 12.1 Å². The summed E-state index contributed by atoms with van der Waals surface area (Å²) in [5.74, 6) is -0.516. The molecule has 1 heterocycles. The van der Waals surface area contributed by atoms with Gasteiger partial charge in [0.1, 0.15) is 0 Å². The lowest BCUT2D eigenvalue weighted by molar-refractivity contribution is -0.139. The van der Waals surface area contributed by atoms with Crippen LogP contribution in [-0.2, 0) is 4.79 Å². The molecule has 0 spiro atoms. The predicted octanol–water partition coefficient (Wildman–Crippen LogP) is 1.43. The van der Waals surface area contributed by atoms with Crippen LogP contribution in [0.1, 0.15) is 12.5 Å². The molecular weight excluding hydrogens is 366 g/mol. The third kappa shape index (κ3) is 4.09. The van der Waals surface area contributed by atoms with Crippen LogP contribution in [0, 0.1) is 0 Å². The Morgan fingerprint density at radius 1 is 1.18 bits per heavy atom. The lowest BCUT2D eigenvalue weighted by Gasteiger charge is -2.11. The van der Waals surface area contributed by atoms with E-state index in [1.54, 1.807) is 43.3 Å². The number of nitrogens with zero attached hydrogens (tertiary/aromatic N) is 2. The number of carbonyl (C=O) groups is 1. The van der Waals surface area contributed by atoms with Crippen LogP contribution in [0.15, 0.2) is 57.2 Å². The fraction of sp³-hybridized carbons (Fsp3) is 0.158. The topological polar surface area (TPSA) is 123 Å². The number of rotatable bonds is 7. The van der Waals surface area contributed by atoms with Crippen LogP contribution in [0.3, 0.4) is 0 Å². The number of aromatic amines is 1. The first-order chi connectivity index (χ1) is 13.5. The van der Waals surface area contributed by atoms with Crippen LogP contribution in [-0.4, -0.2) is 40.2 Å². The number of aliphatic carboxylic acids is 1. The standard InChI is InChI=1S/C19H17N3O6/c1-2-27-16-9-12(7-8-15(16)28-11-17(23)24)10-20-22-18(25)13-5-3-4-6-14(13)21-19(22)26/h3-10H,2,11H2,1H3,(H,21,26)(H,23,24). The van der Waals surface area contributed by atoms with Crippen LogP contribution in [0.25, 0.3) is 10.9 Å². The minimum absolute atomic E-state index is 0.266. The van der Waals surface area contributed by atoms with Crippen molar-refractivity contribution in [2.75, 3.05) is 13.2 Å². The second kappa shape index (κ2) is 8.21. The second-order valence-corrected chi connectivity index (χ2v) is 5.66. The predicted molar refractivity (Wildman–Crippen MR) is 103 cm³/mol. The molecule has 0 aliphatic heterocycles. The molecule has 2 aromatic carbocycles. The van der Waals surface area contributed by atoms with E-state index in [1.807, 2.05) is 0 Å². The third-order valence-corrected chi connectivity index (χ3v) is 3.72. The fourth-order valence-corrected chi connectivity index (χ4v) is 2.51. The van der Waals surface area contributed by atoms with E-state index in [1.165, 1.54) is 12.3 Å². The molecule has 0 fully saturated rings. The highest BCUT2D eigenvalue weighted by atomic mass is 16.5. The van der Waals surface area contributed by atoms with E-state index < -0.39 is 23.8 Å². The first kappa shape index (κ1) is 18.9. The van der Waals surface area contributed by atoms with Gasteiger partial charge in [0.05, 0.1) is 23.7 Å². The minimum atomic E-state index is -1.11. The summed E-state index contributed by atoms with van der Waals surface area (Å²) in [6.45, 7) is 1.61. The van der Waals surface area contributed by atoms with Crippen LogP contribution in [0.5, 0.6) is 11.5 Å². The number of hydrogen-bond donors (Lipinski definition) is 2. The van der Waals surface area contributed by atoms with E-state index in [0.717, 1.165) is 4.68 Å². The summed E-state index contributed by atoms with van der Waals surface area (Å²) in [7, 11) is 0. The first-order valence-corrected chi connectivity index (χ1v) is 8.39. The SMILES string of the molecule is CCOc1cc(C=Nn2c(=O)[nH]c3ccccc3c2=O)ccc1OCC(=O)O. The van der Waals surface area contributed by atoms with Crippen LogP contribution < -0.4 is 20.7 Å². The maximum Gasteiger partial charge on any atom is 0.349 e. The Morgan fingerprint density at radius 3 is 2.71 bits per heavy atom. The summed E-state index contributed by atoms with van der Waals surface area (Å²) >= 11 is 0. The molecule has 0 unspecified atom stereocenters. The van der Waals surface area contributed by atoms with E-state index in [2.05, 4.69) is 10.1 Å². The molecule has 3 rings (SSSR count). The molecule has 144 valence electrons. The Morgan fingerprint density at radius 2 is 1.96 bits per heavy atom. The van der Waals surface area contributed by atoms with Crippen molar-refractivity contribution in [2.45, 2.75) is 6.92 Å². The third-order valence-electron chi connectivity index (χ3n) is 3.72. The van der Waals surface area contributed by atoms with E-state index in [4.69, 9.17) is 14.6 Å². The molecule has 9 nitrogen and oxygen atoms in total. The maximum absolute atomic E-state index is 12.5. The van der Waals surface area contributed by atoms with Crippen molar-refractivity contribution in [1.82, 2.24) is 9.66 Å². The quantitative estimate of drug-likeness (QED) is 0.595. The number of aromatic nitrogens is 2. The Bertz CT molecular complexity index is 1160. The molecule has 0 amide bonds. The summed E-state index contributed by atoms with van der Waals surface area (Å²) in [5, 5.41) is 13.1. The smallest absolute Gasteiger partial charge is 0.349 e. The number of fused-ring (bicyclic) bond motifs is 1. The molecule has 3 aromatic rings. The number of hydrogen-bond acceptors (Lipinski definition) is 6. The first-order valence-electron chi connectivity index (χ1n) is 8.39. The number of nitrogens with one attached hydrogen (secondary N) is 1. The highest BCUT2D eigenvalue weighted by Gasteiger charge is 2.09. The lowest BCUT2D eigenvalue weighted by atomic mass is 10.2. The van der Waals surface area contributed by atoms with E-state index in [9.17, 15) is 14.4 Å². The average molecular weight is 383 g/mol. The molecule has 0 radical (unpaired) electrons. The van der Waals surface area contributed by atoms with Crippen molar-refractivity contribution >= 4 is 23.1 Å². The Balaban J connectivity index is 1.95. The zero-order valence-corrected chi connectivity index (χ0v) is 14.9. The number of H-pyrrole nitrogens is 1. The Hall–Kier alpha value is -3.88. The van der Waals surface area contributed by atoms with Gasteiger partial charge in [0.15, 0.2) is 18.1 Å². The summed E-state index contributed by atoms with van der Waals surface area (Å²) in [4.78, 5) is 37.9. The molecule has 0 aliphatic rings. The second-order valence-electron chi connectivity index (χ2n) is 5.66. The zero-order valence-electron chi connectivity index (χ0n) is 14.9. The molecular formula is C19H17N3O6. The van der Waals surface area contributed by atoms with Gasteiger partial charge in [-0.2, -0.15) is 5.10 Å². The monoisotopic (exact) mass is 383 g/mol. The largest absolute Gasteiger partial charge is 0.490 e. The minimum Gasteiger partial charge on any atom is -0.490 e. The van der Waals surface area contributed by atoms with Gasteiger partial charge in [0.2, 0.25) is 0 Å². The van der Waals surface area contributed by atoms with Crippen LogP contribution >= 0.6 is 0 Å². The molecule has 1 aromatic heterocycles. The average Bonchev–Trinajstić information content (AvgIpc) is 2.67. The van der Waals surface area contributed by atoms with Crippen molar-refractivity contribution < 1.29 is 19.4 Å². The van der Waals surface area contributed by atoms with E-state index >= 15 is 0 Å². The van der Waals surface area contributed by atoms with E-state index in [-0.39, 0.29) is 5.75 Å². The van der Waals surface area contributed by atoms with Crippen molar-refractivity contribution in [3.8, 4) is 11.5 Å². The summed E-state index contributed by atoms with van der Waals surface area (Å²) in [5.41, 5.74) is -0.235. The van der Waals surface area contributed by atoms with Crippen molar-refractivity contribution in [1.29, 1.82) is 0 Å². The summed E-state index contributed by atoms with van der Waals surface area (Å²) in [6, 6.07) is 11.4. The molecule has 9 heteroatoms. The molecule has 0 saturated carbocycles. The molecule has 0 saturated heterocycles. The molecule has 28 heavy (non-hydrogen) atoms. The summed E-state index contributed by atoms with van der Waals surface area (Å²) < 4.78 is 11.4. The van der Waals surface area contributed by atoms with Gasteiger partial charge in [-0.15, -0.1) is 4.68 Å². The number of carboxylic acids is 1. The van der Waals surface area contributed by atoms with Gasteiger partial charge in [0.25, 0.3) is 5.56 Å². The molecule has 0 aliphatic carbocycles. The van der Waals surface area contributed by atoms with E-state index in [0.29, 0.717) is 28.8 Å². The van der Waals surface area contributed by atoms with Crippen molar-refractivity contribution in [3.05, 3.63) is 68.9 Å². The van der Waals surface area contributed by atoms with Crippen molar-refractivity contribution in [3.63, 3.8) is 0 Å². The Labute approximate surface area is 158 Å². The van der Waals surface area contributed by atoms with Gasteiger partial charge < -0.3 is 19.6 Å². The highest BCUT2D eigenvalue weighted by Crippen LogP contribution is 2.28. The number of carboxylic acid groups (broad SMARTS) is 1. The van der Waals surface area contributed by atoms with Gasteiger partial charge in [0, 0.05) is 0 Å². The Kier molecular flexibility index (Phi) is 5.54. The fourth-order valence-electron chi connectivity index (χ4n) is 2.51. The van der Waals surface area contributed by atoms with Crippen LogP contribution in [0.4, 0.5) is 0 Å². The van der Waals surface area contributed by atoms with Gasteiger partial charge in [-0.3, -0.25) is 4.79 Å². The van der Waals surface area contributed by atoms with Crippen LogP contribution in [0.2, 0.25) is 0 Å². The van der Waals surface area contributed by atoms with Gasteiger partial charge in [-0.05, 0) is 42.8 Å². The molecule has 0 bridgehead atoms. The normalized spacial score (nSPS) is 11.0. The van der Waals surface area contributed by atoms with Gasteiger partial charge in [-0.25, -0.2) is 9.59 Å². The number of benzene rings is 2. The zero-order chi connectivity index (χ0) is 20.1. The lowest BCUT2D eigenvalue weighted by Crippen LogP contribution is -2.32. The number of ether oxygens (including phenoxy) is 2. The summed E-state index contributed by atoms with van der Waals surface area (Å²) in [6.07, 6.45) is 1.33.